The minimum Gasteiger partial charge on any atom is -0.481 e. The zero-order chi connectivity index (χ0) is 15.4. The molecule has 0 aromatic heterocycles. The van der Waals surface area contributed by atoms with Crippen LogP contribution in [0.3, 0.4) is 0 Å². The minimum absolute atomic E-state index is 0.0207. The number of benzene rings is 1. The fourth-order valence-corrected chi connectivity index (χ4v) is 2.67. The van der Waals surface area contributed by atoms with E-state index in [4.69, 9.17) is 5.11 Å². The van der Waals surface area contributed by atoms with Crippen molar-refractivity contribution in [3.63, 3.8) is 0 Å². The highest BCUT2D eigenvalue weighted by molar-refractivity contribution is 5.91. The molecular weight excluding hydrogens is 268 g/mol. The highest BCUT2D eigenvalue weighted by Crippen LogP contribution is 2.22. The van der Waals surface area contributed by atoms with E-state index in [-0.39, 0.29) is 18.4 Å². The molecule has 2 rings (SSSR count). The van der Waals surface area contributed by atoms with Crippen molar-refractivity contribution in [3.05, 3.63) is 29.8 Å². The van der Waals surface area contributed by atoms with Gasteiger partial charge in [0.15, 0.2) is 0 Å². The maximum Gasteiger partial charge on any atom is 0.324 e. The second-order valence-corrected chi connectivity index (χ2v) is 5.71. The van der Waals surface area contributed by atoms with Crippen molar-refractivity contribution in [3.8, 4) is 0 Å². The molecule has 1 N–H and O–H groups in total. The second-order valence-electron chi connectivity index (χ2n) is 5.71. The third-order valence-corrected chi connectivity index (χ3v) is 4.06. The number of piperidine rings is 1. The van der Waals surface area contributed by atoms with Crippen molar-refractivity contribution in [2.75, 3.05) is 25.0 Å². The molecule has 0 spiro atoms. The smallest absolute Gasteiger partial charge is 0.324 e. The van der Waals surface area contributed by atoms with Crippen molar-refractivity contribution in [1.29, 1.82) is 0 Å². The van der Waals surface area contributed by atoms with Crippen LogP contribution in [0.5, 0.6) is 0 Å². The van der Waals surface area contributed by atoms with Crippen LogP contribution in [0, 0.1) is 12.8 Å². The van der Waals surface area contributed by atoms with Crippen molar-refractivity contribution < 1.29 is 14.7 Å². The molecule has 1 aliphatic rings. The molecule has 1 saturated heterocycles. The molecule has 0 saturated carbocycles. The quantitative estimate of drug-likeness (QED) is 0.931. The number of urea groups is 1. The number of carboxylic acids is 1. The number of anilines is 1. The van der Waals surface area contributed by atoms with Crippen LogP contribution in [0.4, 0.5) is 10.5 Å². The number of carbonyl (C=O) groups is 2. The number of carboxylic acid groups (broad SMARTS) is 1. The first-order chi connectivity index (χ1) is 9.97. The Balaban J connectivity index is 1.92. The van der Waals surface area contributed by atoms with E-state index in [1.807, 2.05) is 31.2 Å². The lowest BCUT2D eigenvalue weighted by molar-refractivity contribution is -0.138. The van der Waals surface area contributed by atoms with E-state index < -0.39 is 5.97 Å². The van der Waals surface area contributed by atoms with Crippen LogP contribution in [0.2, 0.25) is 0 Å². The number of aryl methyl sites for hydroxylation is 1. The van der Waals surface area contributed by atoms with Gasteiger partial charge in [0, 0.05) is 32.2 Å². The second kappa shape index (κ2) is 6.61. The van der Waals surface area contributed by atoms with E-state index in [1.165, 1.54) is 0 Å². The number of aliphatic carboxylic acids is 1. The number of carbonyl (C=O) groups excluding carboxylic acids is 1. The average molecular weight is 290 g/mol. The molecular formula is C16H22N2O3. The van der Waals surface area contributed by atoms with Gasteiger partial charge in [-0.15, -0.1) is 0 Å². The molecule has 0 atom stereocenters. The molecule has 1 fully saturated rings. The Labute approximate surface area is 125 Å². The van der Waals surface area contributed by atoms with Gasteiger partial charge in [0.25, 0.3) is 0 Å². The van der Waals surface area contributed by atoms with Crippen LogP contribution in [0.1, 0.15) is 24.8 Å². The summed E-state index contributed by atoms with van der Waals surface area (Å²) < 4.78 is 0. The first-order valence-corrected chi connectivity index (χ1v) is 7.28. The summed E-state index contributed by atoms with van der Waals surface area (Å²) in [6.07, 6.45) is 1.73. The number of hydrogen-bond acceptors (Lipinski definition) is 2. The van der Waals surface area contributed by atoms with Gasteiger partial charge in [-0.05, 0) is 37.8 Å². The maximum atomic E-state index is 12.4. The van der Waals surface area contributed by atoms with Gasteiger partial charge >= 0.3 is 12.0 Å². The van der Waals surface area contributed by atoms with E-state index in [0.29, 0.717) is 13.1 Å². The van der Waals surface area contributed by atoms with Gasteiger partial charge in [-0.2, -0.15) is 0 Å². The van der Waals surface area contributed by atoms with E-state index in [1.54, 1.807) is 16.8 Å². The molecule has 1 aromatic carbocycles. The first-order valence-electron chi connectivity index (χ1n) is 7.28. The molecule has 1 heterocycles. The highest BCUT2D eigenvalue weighted by atomic mass is 16.4. The predicted octanol–water partition coefficient (Wildman–Crippen LogP) is 2.74. The highest BCUT2D eigenvalue weighted by Gasteiger charge is 2.26. The van der Waals surface area contributed by atoms with E-state index in [0.717, 1.165) is 24.1 Å². The number of amides is 2. The van der Waals surface area contributed by atoms with Gasteiger partial charge < -0.3 is 10.0 Å². The fraction of sp³-hybridized carbons (Fsp3) is 0.500. The summed E-state index contributed by atoms with van der Waals surface area (Å²) >= 11 is 0. The van der Waals surface area contributed by atoms with Gasteiger partial charge in [-0.1, -0.05) is 17.7 Å². The van der Waals surface area contributed by atoms with E-state index in [9.17, 15) is 9.59 Å². The standard InChI is InChI=1S/C16H22N2O3/c1-12-3-5-14(6-4-12)17(2)16(21)18-9-7-13(8-10-18)11-15(19)20/h3-6,13H,7-11H2,1-2H3,(H,19,20). The number of rotatable bonds is 3. The molecule has 0 bridgehead atoms. The summed E-state index contributed by atoms with van der Waals surface area (Å²) in [7, 11) is 1.77. The number of hydrogen-bond donors (Lipinski definition) is 1. The predicted molar refractivity (Wildman–Crippen MR) is 81.5 cm³/mol. The Morgan fingerprint density at radius 1 is 1.24 bits per heavy atom. The summed E-state index contributed by atoms with van der Waals surface area (Å²) in [5.41, 5.74) is 2.03. The van der Waals surface area contributed by atoms with Gasteiger partial charge in [0.05, 0.1) is 0 Å². The lowest BCUT2D eigenvalue weighted by Gasteiger charge is -2.34. The van der Waals surface area contributed by atoms with E-state index >= 15 is 0 Å². The summed E-state index contributed by atoms with van der Waals surface area (Å²) in [6.45, 7) is 3.28. The van der Waals surface area contributed by atoms with Gasteiger partial charge in [0.1, 0.15) is 0 Å². The molecule has 1 aliphatic heterocycles. The van der Waals surface area contributed by atoms with Crippen molar-refractivity contribution in [2.45, 2.75) is 26.2 Å². The van der Waals surface area contributed by atoms with Gasteiger partial charge in [-0.3, -0.25) is 9.69 Å². The minimum atomic E-state index is -0.753. The van der Waals surface area contributed by atoms with Crippen LogP contribution in [0.15, 0.2) is 24.3 Å². The molecule has 2 amide bonds. The Hall–Kier alpha value is -2.04. The molecule has 0 radical (unpaired) electrons. The third kappa shape index (κ3) is 3.97. The zero-order valence-electron chi connectivity index (χ0n) is 12.6. The van der Waals surface area contributed by atoms with Crippen LogP contribution < -0.4 is 4.90 Å². The molecule has 1 aromatic rings. The first kappa shape index (κ1) is 15.4. The molecule has 0 aliphatic carbocycles. The Morgan fingerprint density at radius 2 is 1.81 bits per heavy atom. The summed E-state index contributed by atoms with van der Waals surface area (Å²) in [4.78, 5) is 26.6. The lowest BCUT2D eigenvalue weighted by Crippen LogP contribution is -2.45. The Morgan fingerprint density at radius 3 is 2.33 bits per heavy atom. The van der Waals surface area contributed by atoms with Crippen molar-refractivity contribution in [2.24, 2.45) is 5.92 Å². The molecule has 0 unspecified atom stereocenters. The zero-order valence-corrected chi connectivity index (χ0v) is 12.6. The molecule has 5 heteroatoms. The summed E-state index contributed by atoms with van der Waals surface area (Å²) in [6, 6.07) is 7.82. The van der Waals surface area contributed by atoms with Gasteiger partial charge in [-0.25, -0.2) is 4.79 Å². The molecule has 21 heavy (non-hydrogen) atoms. The molecule has 114 valence electrons. The lowest BCUT2D eigenvalue weighted by atomic mass is 9.94. The maximum absolute atomic E-state index is 12.4. The van der Waals surface area contributed by atoms with Crippen LogP contribution in [0.25, 0.3) is 0 Å². The SMILES string of the molecule is Cc1ccc(N(C)C(=O)N2CCC(CC(=O)O)CC2)cc1. The Kier molecular flexibility index (Phi) is 4.83. The third-order valence-electron chi connectivity index (χ3n) is 4.06. The van der Waals surface area contributed by atoms with Crippen molar-refractivity contribution >= 4 is 17.7 Å². The van der Waals surface area contributed by atoms with Crippen LogP contribution in [-0.2, 0) is 4.79 Å². The molecule has 5 nitrogen and oxygen atoms in total. The van der Waals surface area contributed by atoms with Gasteiger partial charge in [0.2, 0.25) is 0 Å². The van der Waals surface area contributed by atoms with Crippen LogP contribution in [-0.4, -0.2) is 42.1 Å². The van der Waals surface area contributed by atoms with Crippen molar-refractivity contribution in [1.82, 2.24) is 4.90 Å². The largest absolute Gasteiger partial charge is 0.481 e. The average Bonchev–Trinajstić information content (AvgIpc) is 2.47. The van der Waals surface area contributed by atoms with E-state index in [2.05, 4.69) is 0 Å². The van der Waals surface area contributed by atoms with Crippen LogP contribution >= 0.6 is 0 Å². The number of nitrogens with zero attached hydrogens (tertiary/aromatic N) is 2. The normalized spacial score (nSPS) is 15.8. The fourth-order valence-electron chi connectivity index (χ4n) is 2.67. The number of likely N-dealkylation sites (tertiary alicyclic amines) is 1. The summed E-state index contributed by atoms with van der Waals surface area (Å²) in [5.74, 6) is -0.562. The topological polar surface area (TPSA) is 60.9 Å². The Bertz CT molecular complexity index is 505. The monoisotopic (exact) mass is 290 g/mol. The summed E-state index contributed by atoms with van der Waals surface area (Å²) in [5, 5.41) is 8.81.